The van der Waals surface area contributed by atoms with Gasteiger partial charge in [-0.2, -0.15) is 0 Å². The van der Waals surface area contributed by atoms with Crippen LogP contribution in [0.1, 0.15) is 34.2 Å². The number of allylic oxidation sites excluding steroid dienone is 3. The van der Waals surface area contributed by atoms with Gasteiger partial charge in [0.2, 0.25) is 0 Å². The van der Waals surface area contributed by atoms with E-state index < -0.39 is 11.9 Å². The second kappa shape index (κ2) is 11.1. The highest BCUT2D eigenvalue weighted by Crippen LogP contribution is 2.46. The predicted octanol–water partition coefficient (Wildman–Crippen LogP) is 7.82. The highest BCUT2D eigenvalue weighted by atomic mass is 16.5. The van der Waals surface area contributed by atoms with Crippen molar-refractivity contribution in [3.05, 3.63) is 144 Å². The molecular formula is C36H29NO4. The Morgan fingerprint density at radius 3 is 1.93 bits per heavy atom. The van der Waals surface area contributed by atoms with Gasteiger partial charge < -0.3 is 14.4 Å². The first-order valence-corrected chi connectivity index (χ1v) is 13.6. The highest BCUT2D eigenvalue weighted by Gasteiger charge is 2.27. The van der Waals surface area contributed by atoms with Gasteiger partial charge >= 0.3 is 11.9 Å². The molecule has 0 aromatic heterocycles. The highest BCUT2D eigenvalue weighted by molar-refractivity contribution is 6.06. The van der Waals surface area contributed by atoms with Gasteiger partial charge in [0.15, 0.2) is 0 Å². The van der Waals surface area contributed by atoms with E-state index in [4.69, 9.17) is 9.47 Å². The second-order valence-corrected chi connectivity index (χ2v) is 10.0. The van der Waals surface area contributed by atoms with Crippen LogP contribution in [0.4, 0.5) is 11.4 Å². The standard InChI is InChI=1S/C36H29NO4/c1-3-33(38)40-22-24-8-16-29(17-9-24)37(30-18-10-25(11-19-30)23-41-34(39)4-2)32-21-15-28-13-12-26-6-5-7-27-14-20-31(32)36(28)35(26)27/h3-11,13-14,16-21H,1-2,12,15,22-23H2. The third-order valence-corrected chi connectivity index (χ3v) is 7.54. The molecule has 0 N–H and O–H groups in total. The number of esters is 2. The average molecular weight is 540 g/mol. The Labute approximate surface area is 239 Å². The van der Waals surface area contributed by atoms with Crippen LogP contribution in [0.15, 0.2) is 116 Å². The van der Waals surface area contributed by atoms with Crippen molar-refractivity contribution in [2.45, 2.75) is 26.1 Å². The van der Waals surface area contributed by atoms with E-state index in [1.807, 2.05) is 48.5 Å². The summed E-state index contributed by atoms with van der Waals surface area (Å²) >= 11 is 0. The van der Waals surface area contributed by atoms with Crippen molar-refractivity contribution in [3.8, 4) is 0 Å². The lowest BCUT2D eigenvalue weighted by Crippen LogP contribution is -2.19. The zero-order chi connectivity index (χ0) is 28.3. The van der Waals surface area contributed by atoms with Crippen LogP contribution in [0.5, 0.6) is 0 Å². The Morgan fingerprint density at radius 1 is 0.732 bits per heavy atom. The third kappa shape index (κ3) is 5.10. The summed E-state index contributed by atoms with van der Waals surface area (Å²) in [6, 6.07) is 27.0. The topological polar surface area (TPSA) is 55.8 Å². The van der Waals surface area contributed by atoms with Gasteiger partial charge in [0, 0.05) is 29.1 Å². The molecule has 0 heterocycles. The third-order valence-electron chi connectivity index (χ3n) is 7.54. The first-order valence-electron chi connectivity index (χ1n) is 13.6. The molecule has 4 aromatic rings. The zero-order valence-corrected chi connectivity index (χ0v) is 22.6. The van der Waals surface area contributed by atoms with Crippen LogP contribution in [0, 0.1) is 0 Å². The van der Waals surface area contributed by atoms with E-state index in [-0.39, 0.29) is 13.2 Å². The number of anilines is 2. The maximum absolute atomic E-state index is 11.6. The van der Waals surface area contributed by atoms with Gasteiger partial charge in [0.1, 0.15) is 13.2 Å². The molecule has 0 aliphatic heterocycles. The fourth-order valence-electron chi connectivity index (χ4n) is 5.56. The molecule has 5 nitrogen and oxygen atoms in total. The Morgan fingerprint density at radius 2 is 1.34 bits per heavy atom. The number of benzene rings is 4. The Balaban J connectivity index is 1.41. The Kier molecular flexibility index (Phi) is 7.09. The molecule has 0 bridgehead atoms. The predicted molar refractivity (Wildman–Crippen MR) is 163 cm³/mol. The van der Waals surface area contributed by atoms with E-state index in [1.165, 1.54) is 33.0 Å². The minimum absolute atomic E-state index is 0.178. The molecule has 0 radical (unpaired) electrons. The summed E-state index contributed by atoms with van der Waals surface area (Å²) in [5.74, 6) is -0.897. The number of hydrogen-bond acceptors (Lipinski definition) is 5. The van der Waals surface area contributed by atoms with Crippen LogP contribution in [0.2, 0.25) is 0 Å². The van der Waals surface area contributed by atoms with E-state index in [2.05, 4.69) is 60.5 Å². The first kappa shape index (κ1) is 26.1. The number of ether oxygens (including phenoxy) is 2. The number of carbonyl (C=O) groups is 2. The molecule has 202 valence electrons. The summed E-state index contributed by atoms with van der Waals surface area (Å²) in [6.45, 7) is 7.27. The summed E-state index contributed by atoms with van der Waals surface area (Å²) in [4.78, 5) is 25.4. The maximum atomic E-state index is 11.6. The minimum Gasteiger partial charge on any atom is -0.458 e. The van der Waals surface area contributed by atoms with Gasteiger partial charge in [-0.25, -0.2) is 9.59 Å². The van der Waals surface area contributed by atoms with Crippen LogP contribution in [-0.4, -0.2) is 11.9 Å². The molecule has 0 saturated heterocycles. The van der Waals surface area contributed by atoms with Gasteiger partial charge in [-0.3, -0.25) is 0 Å². The molecule has 4 aromatic carbocycles. The fraction of sp³-hybridized carbons (Fsp3) is 0.111. The number of rotatable bonds is 9. The summed E-state index contributed by atoms with van der Waals surface area (Å²) in [5, 5.41) is 2.60. The molecule has 2 aliphatic carbocycles. The summed E-state index contributed by atoms with van der Waals surface area (Å²) in [6.07, 6.45) is 8.78. The first-order chi connectivity index (χ1) is 20.1. The van der Waals surface area contributed by atoms with Gasteiger partial charge in [0.25, 0.3) is 0 Å². The molecule has 0 fully saturated rings. The molecule has 6 rings (SSSR count). The summed E-state index contributed by atoms with van der Waals surface area (Å²) in [5.41, 5.74) is 10.1. The van der Waals surface area contributed by atoms with Crippen molar-refractivity contribution in [1.29, 1.82) is 0 Å². The van der Waals surface area contributed by atoms with Crippen LogP contribution >= 0.6 is 0 Å². The van der Waals surface area contributed by atoms with E-state index in [0.717, 1.165) is 53.2 Å². The van der Waals surface area contributed by atoms with Gasteiger partial charge in [-0.15, -0.1) is 0 Å². The molecule has 5 heteroatoms. The monoisotopic (exact) mass is 539 g/mol. The van der Waals surface area contributed by atoms with Gasteiger partial charge in [0.05, 0.1) is 5.70 Å². The van der Waals surface area contributed by atoms with Crippen molar-refractivity contribution in [1.82, 2.24) is 0 Å². The van der Waals surface area contributed by atoms with Crippen LogP contribution in [-0.2, 0) is 38.7 Å². The lowest BCUT2D eigenvalue weighted by molar-refractivity contribution is -0.139. The number of carbonyl (C=O) groups excluding carboxylic acids is 2. The summed E-state index contributed by atoms with van der Waals surface area (Å²) < 4.78 is 10.5. The molecule has 0 saturated carbocycles. The largest absolute Gasteiger partial charge is 0.458 e. The van der Waals surface area contributed by atoms with E-state index in [0.29, 0.717) is 0 Å². The molecule has 41 heavy (non-hydrogen) atoms. The van der Waals surface area contributed by atoms with Gasteiger partial charge in [-0.1, -0.05) is 79.9 Å². The quantitative estimate of drug-likeness (QED) is 0.160. The van der Waals surface area contributed by atoms with E-state index in [1.54, 1.807) is 0 Å². The van der Waals surface area contributed by atoms with Crippen molar-refractivity contribution in [3.63, 3.8) is 0 Å². The minimum atomic E-state index is -0.449. The van der Waals surface area contributed by atoms with E-state index >= 15 is 0 Å². The van der Waals surface area contributed by atoms with E-state index in [9.17, 15) is 9.59 Å². The summed E-state index contributed by atoms with van der Waals surface area (Å²) in [7, 11) is 0. The lowest BCUT2D eigenvalue weighted by atomic mass is 9.80. The molecule has 0 unspecified atom stereocenters. The molecule has 2 aliphatic rings. The zero-order valence-electron chi connectivity index (χ0n) is 22.6. The average Bonchev–Trinajstić information content (AvgIpc) is 3.03. The Hall–Kier alpha value is -5.16. The number of nitrogens with zero attached hydrogens (tertiary/aromatic N) is 1. The molecule has 0 amide bonds. The lowest BCUT2D eigenvalue weighted by Gasteiger charge is -2.34. The van der Waals surface area contributed by atoms with Crippen LogP contribution < -0.4 is 4.90 Å². The van der Waals surface area contributed by atoms with Crippen molar-refractivity contribution in [2.75, 3.05) is 4.90 Å². The SMILES string of the molecule is C=CC(=O)OCc1ccc(N(C2=CCC3=CCc4cccc5ccc2c3c45)c2ccc(COC(=O)C=C)cc2)cc1. The normalized spacial score (nSPS) is 13.1. The molecular weight excluding hydrogens is 510 g/mol. The maximum Gasteiger partial charge on any atom is 0.330 e. The van der Waals surface area contributed by atoms with Crippen LogP contribution in [0.25, 0.3) is 22.0 Å². The fourth-order valence-corrected chi connectivity index (χ4v) is 5.56. The van der Waals surface area contributed by atoms with Crippen molar-refractivity contribution in [2.24, 2.45) is 0 Å². The Bertz CT molecular complexity index is 1680. The second-order valence-electron chi connectivity index (χ2n) is 10.0. The number of hydrogen-bond donors (Lipinski definition) is 0. The molecule has 0 atom stereocenters. The smallest absolute Gasteiger partial charge is 0.330 e. The van der Waals surface area contributed by atoms with Crippen molar-refractivity contribution >= 4 is 45.4 Å². The molecule has 0 spiro atoms. The van der Waals surface area contributed by atoms with Crippen molar-refractivity contribution < 1.29 is 19.1 Å². The van der Waals surface area contributed by atoms with Crippen LogP contribution in [0.3, 0.4) is 0 Å². The van der Waals surface area contributed by atoms with Gasteiger partial charge in [-0.05, 0) is 75.7 Å².